The summed E-state index contributed by atoms with van der Waals surface area (Å²) in [5.41, 5.74) is 4.35. The molecule has 1 unspecified atom stereocenters. The summed E-state index contributed by atoms with van der Waals surface area (Å²) in [7, 11) is 0. The van der Waals surface area contributed by atoms with E-state index < -0.39 is 28.7 Å². The molecule has 17 heteroatoms. The van der Waals surface area contributed by atoms with E-state index in [1.54, 1.807) is 0 Å². The van der Waals surface area contributed by atoms with Gasteiger partial charge in [0.05, 0.1) is 0 Å². The highest BCUT2D eigenvalue weighted by molar-refractivity contribution is 8.04. The summed E-state index contributed by atoms with van der Waals surface area (Å²) in [5.74, 6) is -2.18. The number of β-lactam (4-membered cyclic amide) rings is 1. The molecule has 2 aliphatic rings. The Morgan fingerprint density at radius 3 is 1.71 bits per heavy atom. The highest BCUT2D eigenvalue weighted by atomic mass is 35.5. The number of benzene rings is 6. The van der Waals surface area contributed by atoms with Crippen LogP contribution in [0.3, 0.4) is 0 Å². The molecule has 6 aromatic carbocycles. The lowest BCUT2D eigenvalue weighted by Gasteiger charge is -2.44. The molecule has 1 saturated heterocycles. The van der Waals surface area contributed by atoms with Crippen LogP contribution in [0.15, 0.2) is 202 Å². The van der Waals surface area contributed by atoms with Gasteiger partial charge in [-0.3, -0.25) is 9.59 Å². The fraction of sp³-hybridized carbons (Fsp3) is 0.145. The summed E-state index contributed by atoms with van der Waals surface area (Å²) >= 11 is 10.9. The number of carbonyl (C=O) groups excluding carboxylic acids is 3. The van der Waals surface area contributed by atoms with Gasteiger partial charge in [0.25, 0.3) is 0 Å². The maximum absolute atomic E-state index is 15.0. The number of thioether (sulfide) groups is 1. The van der Waals surface area contributed by atoms with Gasteiger partial charge in [0.15, 0.2) is 15.2 Å². The maximum Gasteiger partial charge on any atom is 0.380 e. The second-order valence-corrected chi connectivity index (χ2v) is 20.6. The molecule has 2 amide bonds. The smallest absolute Gasteiger partial charge is 0.374 e. The molecule has 0 radical (unpaired) electrons. The van der Waals surface area contributed by atoms with E-state index in [0.29, 0.717) is 62.0 Å². The van der Waals surface area contributed by atoms with Gasteiger partial charge in [0.2, 0.25) is 16.6 Å². The minimum atomic E-state index is -1.43. The van der Waals surface area contributed by atoms with E-state index >= 15 is 0 Å². The first-order valence-corrected chi connectivity index (χ1v) is 26.0. The highest BCUT2D eigenvalue weighted by Gasteiger charge is 2.46. The largest absolute Gasteiger partial charge is 0.380 e. The number of anilines is 2. The van der Waals surface area contributed by atoms with Crippen molar-refractivity contribution in [3.8, 4) is 0 Å². The fourth-order valence-corrected chi connectivity index (χ4v) is 12.2. The Labute approximate surface area is 432 Å². The molecule has 4 heterocycles. The zero-order valence-corrected chi connectivity index (χ0v) is 41.8. The number of allylic oxidation sites excluding steroid dienone is 1. The number of nitrogens with one attached hydrogen (secondary N) is 3. The first-order valence-electron chi connectivity index (χ1n) is 23.1. The average Bonchev–Trinajstić information content (AvgIpc) is 4.04. The van der Waals surface area contributed by atoms with Crippen molar-refractivity contribution < 1.29 is 24.1 Å². The summed E-state index contributed by atoms with van der Waals surface area (Å²) in [6.07, 6.45) is 1.42. The number of halogens is 1. The first-order chi connectivity index (χ1) is 35.3. The topological polar surface area (TPSA) is 160 Å². The van der Waals surface area contributed by atoms with E-state index in [4.69, 9.17) is 31.4 Å². The molecule has 72 heavy (non-hydrogen) atoms. The molecule has 0 aliphatic carbocycles. The van der Waals surface area contributed by atoms with Crippen LogP contribution >= 0.6 is 46.0 Å². The van der Waals surface area contributed by atoms with Crippen LogP contribution < -0.4 is 16.1 Å². The number of hydrogen-bond donors (Lipinski definition) is 3. The molecule has 2 aliphatic heterocycles. The van der Waals surface area contributed by atoms with E-state index in [1.807, 2.05) is 189 Å². The molecule has 0 bridgehead atoms. The number of amides is 2. The quantitative estimate of drug-likeness (QED) is 0.0345. The number of nitrogens with zero attached hydrogens (tertiary/aromatic N) is 5. The van der Waals surface area contributed by atoms with Crippen LogP contribution in [0, 0.1) is 0 Å². The standard InChI is InChI=1S/C55H45ClN8O5S3/c1-2-57-51-60-61-53(72-51)70-43-34-33-42-35-44(65)64(42)47(43)50(67)68-63-49(66)46(62-69-55(39-27-15-6-16-28-39,40-29-17-7-18-30-40)41-31-19-8-20-32-41)45-48(56)71-52(58-45)59-54(36-21-9-3-10-22-36,37-23-11-4-12-24-37)38-25-13-5-14-26-38/h3-32,42H,2,33-35H2,1H3,(H,57,60)(H,58,59)(H,63,66). The number of oxime groups is 1. The molecule has 0 spiro atoms. The van der Waals surface area contributed by atoms with E-state index in [-0.39, 0.29) is 27.7 Å². The van der Waals surface area contributed by atoms with E-state index in [1.165, 1.54) is 28.0 Å². The molecule has 360 valence electrons. The van der Waals surface area contributed by atoms with Gasteiger partial charge in [-0.2, -0.15) is 5.48 Å². The molecule has 1 atom stereocenters. The van der Waals surface area contributed by atoms with Gasteiger partial charge in [0.1, 0.15) is 21.3 Å². The first kappa shape index (κ1) is 48.0. The molecule has 13 nitrogen and oxygen atoms in total. The van der Waals surface area contributed by atoms with Gasteiger partial charge in [-0.15, -0.1) is 10.2 Å². The number of rotatable bonds is 17. The van der Waals surface area contributed by atoms with Gasteiger partial charge in [-0.25, -0.2) is 9.78 Å². The molecule has 1 fully saturated rings. The zero-order chi connectivity index (χ0) is 49.5. The van der Waals surface area contributed by atoms with Crippen LogP contribution in [0.5, 0.6) is 0 Å². The minimum absolute atomic E-state index is 0.0243. The predicted molar refractivity (Wildman–Crippen MR) is 282 cm³/mol. The zero-order valence-electron chi connectivity index (χ0n) is 38.6. The Kier molecular flexibility index (Phi) is 14.3. The fourth-order valence-electron chi connectivity index (χ4n) is 9.08. The number of hydrogen-bond acceptors (Lipinski definition) is 14. The van der Waals surface area contributed by atoms with Gasteiger partial charge in [-0.05, 0) is 36.5 Å². The lowest BCUT2D eigenvalue weighted by molar-refractivity contribution is -0.159. The highest BCUT2D eigenvalue weighted by Crippen LogP contribution is 2.46. The van der Waals surface area contributed by atoms with Crippen molar-refractivity contribution in [2.75, 3.05) is 17.2 Å². The lowest BCUT2D eigenvalue weighted by Crippen LogP contribution is -2.55. The number of thiazole rings is 1. The van der Waals surface area contributed by atoms with Crippen molar-refractivity contribution in [1.29, 1.82) is 0 Å². The van der Waals surface area contributed by atoms with E-state index in [0.717, 1.165) is 28.0 Å². The number of fused-ring (bicyclic) bond motifs is 1. The van der Waals surface area contributed by atoms with Crippen LogP contribution in [0.1, 0.15) is 65.3 Å². The molecular weight excluding hydrogens is 984 g/mol. The molecular formula is C55H45ClN8O5S3. The third-order valence-corrected chi connectivity index (χ3v) is 15.6. The molecule has 0 saturated carbocycles. The summed E-state index contributed by atoms with van der Waals surface area (Å²) in [6, 6.07) is 58.4. The molecule has 8 aromatic rings. The van der Waals surface area contributed by atoms with Crippen LogP contribution in [-0.2, 0) is 35.2 Å². The number of hydroxylamine groups is 1. The predicted octanol–water partition coefficient (Wildman–Crippen LogP) is 11.2. The number of aromatic nitrogens is 3. The minimum Gasteiger partial charge on any atom is -0.374 e. The van der Waals surface area contributed by atoms with Gasteiger partial charge in [-0.1, -0.05) is 233 Å². The van der Waals surface area contributed by atoms with Crippen molar-refractivity contribution >= 4 is 79.8 Å². The third-order valence-electron chi connectivity index (χ3n) is 12.4. The van der Waals surface area contributed by atoms with Gasteiger partial charge < -0.3 is 25.2 Å². The Balaban J connectivity index is 1.08. The summed E-state index contributed by atoms with van der Waals surface area (Å²) in [4.78, 5) is 62.0. The van der Waals surface area contributed by atoms with E-state index in [9.17, 15) is 14.4 Å². The van der Waals surface area contributed by atoms with Crippen LogP contribution in [0.25, 0.3) is 0 Å². The Bertz CT molecular complexity index is 3060. The van der Waals surface area contributed by atoms with Crippen molar-refractivity contribution in [3.05, 3.63) is 236 Å². The normalized spacial score (nSPS) is 14.8. The summed E-state index contributed by atoms with van der Waals surface area (Å²) < 4.78 is 0.663. The summed E-state index contributed by atoms with van der Waals surface area (Å²) in [6.45, 7) is 2.61. The van der Waals surface area contributed by atoms with Crippen LogP contribution in [0.4, 0.5) is 10.3 Å². The van der Waals surface area contributed by atoms with Crippen molar-refractivity contribution in [2.45, 2.75) is 47.7 Å². The average molecular weight is 1030 g/mol. The van der Waals surface area contributed by atoms with Crippen LogP contribution in [0.2, 0.25) is 4.34 Å². The monoisotopic (exact) mass is 1030 g/mol. The molecule has 3 N–H and O–H groups in total. The van der Waals surface area contributed by atoms with Crippen molar-refractivity contribution in [3.63, 3.8) is 0 Å². The SMILES string of the molecule is CCNc1nnc(SC2=C(C(=O)ONC(=O)C(=NOC(c3ccccc3)(c3ccccc3)c3ccccc3)c3nc(NC(c4ccccc4)(c4ccccc4)c4ccccc4)sc3Cl)N3C(=O)CC3CC2)s1. The Morgan fingerprint density at radius 1 is 0.722 bits per heavy atom. The lowest BCUT2D eigenvalue weighted by atomic mass is 9.77. The summed E-state index contributed by atoms with van der Waals surface area (Å²) in [5, 5.41) is 21.0. The molecule has 10 rings (SSSR count). The second kappa shape index (κ2) is 21.4. The van der Waals surface area contributed by atoms with Crippen LogP contribution in [-0.4, -0.2) is 56.2 Å². The van der Waals surface area contributed by atoms with Crippen molar-refractivity contribution in [2.24, 2.45) is 5.16 Å². The number of carbonyl (C=O) groups is 3. The van der Waals surface area contributed by atoms with Gasteiger partial charge in [0, 0.05) is 40.6 Å². The third kappa shape index (κ3) is 9.49. The maximum atomic E-state index is 15.0. The second-order valence-electron chi connectivity index (χ2n) is 16.7. The van der Waals surface area contributed by atoms with E-state index in [2.05, 4.69) is 26.3 Å². The Hall–Kier alpha value is -7.63. The van der Waals surface area contributed by atoms with Crippen molar-refractivity contribution in [1.82, 2.24) is 25.6 Å². The molecule has 2 aromatic heterocycles. The van der Waals surface area contributed by atoms with Gasteiger partial charge >= 0.3 is 11.9 Å². The Morgan fingerprint density at radius 2 is 1.22 bits per heavy atom.